The number of hydrogen-bond acceptors (Lipinski definition) is 7. The first-order chi connectivity index (χ1) is 14.2. The molecule has 0 radical (unpaired) electrons. The molecule has 11 heteroatoms. The number of nitrogens with one attached hydrogen (secondary N) is 1. The van der Waals surface area contributed by atoms with Crippen LogP contribution >= 0.6 is 0 Å². The molecule has 1 fully saturated rings. The van der Waals surface area contributed by atoms with Crippen LogP contribution in [0.3, 0.4) is 0 Å². The van der Waals surface area contributed by atoms with Crippen LogP contribution in [0.5, 0.6) is 5.75 Å². The Balaban J connectivity index is 1.80. The van der Waals surface area contributed by atoms with Gasteiger partial charge >= 0.3 is 5.69 Å². The van der Waals surface area contributed by atoms with E-state index in [2.05, 4.69) is 5.32 Å². The summed E-state index contributed by atoms with van der Waals surface area (Å²) >= 11 is 0. The third kappa shape index (κ3) is 4.69. The Hall–Kier alpha value is -3.18. The largest absolute Gasteiger partial charge is 0.490 e. The van der Waals surface area contributed by atoms with Gasteiger partial charge in [-0.05, 0) is 24.3 Å². The zero-order chi connectivity index (χ0) is 21.9. The molecule has 1 saturated heterocycles. The number of nitrogens with zero attached hydrogens (tertiary/aromatic N) is 3. The van der Waals surface area contributed by atoms with E-state index in [1.165, 1.54) is 35.9 Å². The second-order valence-electron chi connectivity index (χ2n) is 6.76. The monoisotopic (exact) mass is 434 g/mol. The lowest BCUT2D eigenvalue weighted by molar-refractivity contribution is -0.385. The first-order valence-corrected chi connectivity index (χ1v) is 11.0. The molecular formula is C19H22N4O6S. The lowest BCUT2D eigenvalue weighted by Crippen LogP contribution is -2.48. The first kappa shape index (κ1) is 21.5. The topological polar surface area (TPSA) is 122 Å². The molecule has 0 aromatic heterocycles. The van der Waals surface area contributed by atoms with Crippen molar-refractivity contribution < 1.29 is 22.9 Å². The molecule has 0 aliphatic carbocycles. The van der Waals surface area contributed by atoms with Gasteiger partial charge in [0, 0.05) is 37.8 Å². The Labute approximate surface area is 174 Å². The van der Waals surface area contributed by atoms with Gasteiger partial charge in [0.15, 0.2) is 5.75 Å². The molecule has 0 bridgehead atoms. The molecule has 160 valence electrons. The van der Waals surface area contributed by atoms with E-state index in [4.69, 9.17) is 4.74 Å². The summed E-state index contributed by atoms with van der Waals surface area (Å²) < 4.78 is 29.8. The van der Waals surface area contributed by atoms with E-state index in [0.717, 1.165) is 5.69 Å². The third-order valence-electron chi connectivity index (χ3n) is 4.84. The molecular weight excluding hydrogens is 412 g/mol. The molecule has 1 heterocycles. The van der Waals surface area contributed by atoms with Crippen LogP contribution in [-0.4, -0.2) is 63.1 Å². The molecule has 1 aliphatic heterocycles. The summed E-state index contributed by atoms with van der Waals surface area (Å²) in [7, 11) is -1.92. The number of methoxy groups -OCH3 is 1. The zero-order valence-electron chi connectivity index (χ0n) is 16.6. The lowest BCUT2D eigenvalue weighted by Gasteiger charge is -2.35. The van der Waals surface area contributed by atoms with Gasteiger partial charge in [-0.25, -0.2) is 8.42 Å². The van der Waals surface area contributed by atoms with E-state index in [1.807, 2.05) is 17.0 Å². The van der Waals surface area contributed by atoms with E-state index >= 15 is 0 Å². The first-order valence-electron chi connectivity index (χ1n) is 9.13. The lowest BCUT2D eigenvalue weighted by atomic mass is 10.1. The predicted octanol–water partition coefficient (Wildman–Crippen LogP) is 1.94. The van der Waals surface area contributed by atoms with Gasteiger partial charge < -0.3 is 15.0 Å². The summed E-state index contributed by atoms with van der Waals surface area (Å²) in [4.78, 5) is 25.3. The van der Waals surface area contributed by atoms with Crippen molar-refractivity contribution in [3.8, 4) is 5.75 Å². The fourth-order valence-corrected chi connectivity index (χ4v) is 4.11. The van der Waals surface area contributed by atoms with E-state index in [1.54, 1.807) is 12.1 Å². The van der Waals surface area contributed by atoms with Crippen LogP contribution in [0.2, 0.25) is 0 Å². The highest BCUT2D eigenvalue weighted by molar-refractivity contribution is 7.88. The number of nitro benzene ring substituents is 1. The molecule has 10 nitrogen and oxygen atoms in total. The number of amides is 1. The molecule has 30 heavy (non-hydrogen) atoms. The number of anilines is 2. The van der Waals surface area contributed by atoms with Crippen LogP contribution in [0.15, 0.2) is 42.5 Å². The summed E-state index contributed by atoms with van der Waals surface area (Å²) in [6, 6.07) is 11.2. The van der Waals surface area contributed by atoms with Gasteiger partial charge in [-0.2, -0.15) is 4.31 Å². The van der Waals surface area contributed by atoms with Crippen LogP contribution in [0.1, 0.15) is 10.4 Å². The van der Waals surface area contributed by atoms with Crippen LogP contribution in [0.4, 0.5) is 17.1 Å². The molecule has 1 N–H and O–H groups in total. The summed E-state index contributed by atoms with van der Waals surface area (Å²) in [6.07, 6.45) is 1.19. The zero-order valence-corrected chi connectivity index (χ0v) is 17.4. The molecule has 1 amide bonds. The summed E-state index contributed by atoms with van der Waals surface area (Å²) in [5.41, 5.74) is 1.12. The minimum atomic E-state index is -3.24. The molecule has 1 aliphatic rings. The highest BCUT2D eigenvalue weighted by Gasteiger charge is 2.25. The summed E-state index contributed by atoms with van der Waals surface area (Å²) in [5, 5.41) is 14.0. The van der Waals surface area contributed by atoms with E-state index in [-0.39, 0.29) is 17.0 Å². The molecule has 3 rings (SSSR count). The molecule has 0 unspecified atom stereocenters. The van der Waals surface area contributed by atoms with Crippen LogP contribution in [0, 0.1) is 10.1 Å². The van der Waals surface area contributed by atoms with Crippen molar-refractivity contribution in [2.45, 2.75) is 0 Å². The van der Waals surface area contributed by atoms with Gasteiger partial charge in [-0.15, -0.1) is 0 Å². The van der Waals surface area contributed by atoms with Crippen LogP contribution in [-0.2, 0) is 10.0 Å². The number of benzene rings is 2. The Morgan fingerprint density at radius 3 is 2.40 bits per heavy atom. The van der Waals surface area contributed by atoms with Gasteiger partial charge in [0.25, 0.3) is 5.91 Å². The maximum Gasteiger partial charge on any atom is 0.311 e. The van der Waals surface area contributed by atoms with Gasteiger partial charge in [0.2, 0.25) is 10.0 Å². The number of ether oxygens (including phenoxy) is 1. The van der Waals surface area contributed by atoms with Crippen molar-refractivity contribution in [2.24, 2.45) is 0 Å². The highest BCUT2D eigenvalue weighted by atomic mass is 32.2. The number of piperazine rings is 1. The summed E-state index contributed by atoms with van der Waals surface area (Å²) in [5.74, 6) is -0.427. The normalized spacial score (nSPS) is 14.9. The fraction of sp³-hybridized carbons (Fsp3) is 0.316. The van der Waals surface area contributed by atoms with Gasteiger partial charge in [-0.3, -0.25) is 14.9 Å². The van der Waals surface area contributed by atoms with E-state index < -0.39 is 20.9 Å². The van der Waals surface area contributed by atoms with E-state index in [0.29, 0.717) is 31.9 Å². The standard InChI is InChI=1S/C19H22N4O6S/c1-29-18-8-7-14(13-17(18)23(25)26)19(24)20-15-5-3-4-6-16(15)21-9-11-22(12-10-21)30(2,27)28/h3-8,13H,9-12H2,1-2H3,(H,20,24). The Kier molecular flexibility index (Phi) is 6.22. The molecule has 0 saturated carbocycles. The van der Waals surface area contributed by atoms with Crippen molar-refractivity contribution in [1.82, 2.24) is 4.31 Å². The van der Waals surface area contributed by atoms with Crippen LogP contribution in [0.25, 0.3) is 0 Å². The third-order valence-corrected chi connectivity index (χ3v) is 6.14. The van der Waals surface area contributed by atoms with Crippen molar-refractivity contribution in [1.29, 1.82) is 0 Å². The van der Waals surface area contributed by atoms with Gasteiger partial charge in [0.05, 0.1) is 29.7 Å². The number of sulfonamides is 1. The number of carbonyl (C=O) groups is 1. The molecule has 2 aromatic carbocycles. The molecule has 0 atom stereocenters. The minimum Gasteiger partial charge on any atom is -0.490 e. The van der Waals surface area contributed by atoms with Gasteiger partial charge in [0.1, 0.15) is 0 Å². The predicted molar refractivity (Wildman–Crippen MR) is 113 cm³/mol. The SMILES string of the molecule is COc1ccc(C(=O)Nc2ccccc2N2CCN(S(C)(=O)=O)CC2)cc1[N+](=O)[O-]. The summed E-state index contributed by atoms with van der Waals surface area (Å²) in [6.45, 7) is 1.67. The number of para-hydroxylation sites is 2. The Bertz CT molecular complexity index is 1060. The second-order valence-corrected chi connectivity index (χ2v) is 8.75. The average Bonchev–Trinajstić information content (AvgIpc) is 2.73. The van der Waals surface area contributed by atoms with Crippen molar-refractivity contribution in [3.05, 3.63) is 58.1 Å². The minimum absolute atomic E-state index is 0.0701. The van der Waals surface area contributed by atoms with Gasteiger partial charge in [-0.1, -0.05) is 12.1 Å². The van der Waals surface area contributed by atoms with Crippen molar-refractivity contribution in [3.63, 3.8) is 0 Å². The Morgan fingerprint density at radius 1 is 1.13 bits per heavy atom. The van der Waals surface area contributed by atoms with Crippen molar-refractivity contribution in [2.75, 3.05) is 49.8 Å². The quantitative estimate of drug-likeness (QED) is 0.544. The smallest absolute Gasteiger partial charge is 0.311 e. The number of carbonyl (C=O) groups excluding carboxylic acids is 1. The second kappa shape index (κ2) is 8.67. The number of rotatable bonds is 6. The van der Waals surface area contributed by atoms with Crippen LogP contribution < -0.4 is 15.0 Å². The van der Waals surface area contributed by atoms with Crippen molar-refractivity contribution >= 4 is 33.0 Å². The maximum atomic E-state index is 12.7. The number of nitro groups is 1. The highest BCUT2D eigenvalue weighted by Crippen LogP contribution is 2.30. The maximum absolute atomic E-state index is 12.7. The fourth-order valence-electron chi connectivity index (χ4n) is 3.28. The number of hydrogen-bond donors (Lipinski definition) is 1. The molecule has 2 aromatic rings. The average molecular weight is 434 g/mol. The van der Waals surface area contributed by atoms with E-state index in [9.17, 15) is 23.3 Å². The Morgan fingerprint density at radius 2 is 1.80 bits per heavy atom. The molecule has 0 spiro atoms.